The average molecular weight is 384 g/mol. The Hall–Kier alpha value is -2.73. The van der Waals surface area contributed by atoms with Gasteiger partial charge in [0.1, 0.15) is 6.61 Å². The predicted molar refractivity (Wildman–Crippen MR) is 108 cm³/mol. The van der Waals surface area contributed by atoms with E-state index in [2.05, 4.69) is 5.32 Å². The third-order valence-electron chi connectivity index (χ3n) is 5.06. The zero-order chi connectivity index (χ0) is 19.9. The smallest absolute Gasteiger partial charge is 0.251 e. The Kier molecular flexibility index (Phi) is 6.76. The van der Waals surface area contributed by atoms with Crippen LogP contribution in [0.4, 0.5) is 0 Å². The summed E-state index contributed by atoms with van der Waals surface area (Å²) in [4.78, 5) is 12.7. The molecular formula is C22H28N2O4. The van der Waals surface area contributed by atoms with Crippen molar-refractivity contribution in [1.82, 2.24) is 5.32 Å². The van der Waals surface area contributed by atoms with Gasteiger partial charge in [0.25, 0.3) is 5.91 Å². The first-order valence-electron chi connectivity index (χ1n) is 9.60. The number of carbonyl (C=O) groups is 1. The molecule has 3 N–H and O–H groups in total. The van der Waals surface area contributed by atoms with Crippen molar-refractivity contribution < 1.29 is 19.0 Å². The monoisotopic (exact) mass is 384 g/mol. The number of ether oxygens (including phenoxy) is 3. The molecule has 0 radical (unpaired) electrons. The van der Waals surface area contributed by atoms with Gasteiger partial charge in [-0.15, -0.1) is 0 Å². The standard InChI is InChI=1S/C22H28N2O4/c1-26-19-12-16(22(25)24-18-10-8-17(23)9-11-18)13-20(27-2)21(19)28-14-15-6-4-3-5-7-15/h3-7,12-13,17-18H,8-11,14,23H2,1-2H3,(H,24,25). The first-order valence-corrected chi connectivity index (χ1v) is 9.60. The molecule has 0 unspecified atom stereocenters. The predicted octanol–water partition coefficient (Wildman–Crippen LogP) is 3.28. The number of nitrogens with two attached hydrogens (primary N) is 1. The van der Waals surface area contributed by atoms with Crippen LogP contribution in [0.1, 0.15) is 41.6 Å². The Morgan fingerprint density at radius 3 is 2.21 bits per heavy atom. The highest BCUT2D eigenvalue weighted by atomic mass is 16.5. The number of benzene rings is 2. The second-order valence-electron chi connectivity index (χ2n) is 7.07. The van der Waals surface area contributed by atoms with Crippen molar-refractivity contribution in [3.05, 3.63) is 53.6 Å². The van der Waals surface area contributed by atoms with Gasteiger partial charge < -0.3 is 25.3 Å². The number of carbonyl (C=O) groups excluding carboxylic acids is 1. The number of rotatable bonds is 7. The minimum Gasteiger partial charge on any atom is -0.493 e. The summed E-state index contributed by atoms with van der Waals surface area (Å²) >= 11 is 0. The third-order valence-corrected chi connectivity index (χ3v) is 5.06. The van der Waals surface area contributed by atoms with E-state index in [1.807, 2.05) is 30.3 Å². The summed E-state index contributed by atoms with van der Waals surface area (Å²) in [5.41, 5.74) is 7.46. The molecule has 1 aliphatic carbocycles. The second kappa shape index (κ2) is 9.46. The summed E-state index contributed by atoms with van der Waals surface area (Å²) in [5.74, 6) is 1.26. The van der Waals surface area contributed by atoms with Crippen molar-refractivity contribution in [2.75, 3.05) is 14.2 Å². The average Bonchev–Trinajstić information content (AvgIpc) is 2.73. The number of nitrogens with one attached hydrogen (secondary N) is 1. The van der Waals surface area contributed by atoms with E-state index in [0.29, 0.717) is 29.4 Å². The van der Waals surface area contributed by atoms with Gasteiger partial charge in [0.2, 0.25) is 5.75 Å². The molecular weight excluding hydrogens is 356 g/mol. The maximum absolute atomic E-state index is 12.7. The molecule has 3 rings (SSSR count). The molecule has 6 nitrogen and oxygen atoms in total. The lowest BCUT2D eigenvalue weighted by Gasteiger charge is -2.27. The fourth-order valence-electron chi connectivity index (χ4n) is 3.42. The van der Waals surface area contributed by atoms with E-state index in [4.69, 9.17) is 19.9 Å². The number of hydrogen-bond acceptors (Lipinski definition) is 5. The fraction of sp³-hybridized carbons (Fsp3) is 0.409. The van der Waals surface area contributed by atoms with Crippen LogP contribution in [0.5, 0.6) is 17.2 Å². The molecule has 0 bridgehead atoms. The third kappa shape index (κ3) is 4.95. The number of methoxy groups -OCH3 is 2. The van der Waals surface area contributed by atoms with Crippen LogP contribution in [0, 0.1) is 0 Å². The molecule has 0 aromatic heterocycles. The highest BCUT2D eigenvalue weighted by molar-refractivity contribution is 5.95. The molecule has 150 valence electrons. The number of amides is 1. The molecule has 2 aromatic carbocycles. The van der Waals surface area contributed by atoms with Crippen LogP contribution in [0.25, 0.3) is 0 Å². The van der Waals surface area contributed by atoms with Crippen LogP contribution in [0.2, 0.25) is 0 Å². The van der Waals surface area contributed by atoms with Crippen LogP contribution in [0.15, 0.2) is 42.5 Å². The van der Waals surface area contributed by atoms with E-state index in [9.17, 15) is 4.79 Å². The largest absolute Gasteiger partial charge is 0.493 e. The van der Waals surface area contributed by atoms with Gasteiger partial charge in [0.15, 0.2) is 11.5 Å². The van der Waals surface area contributed by atoms with Gasteiger partial charge in [-0.3, -0.25) is 4.79 Å². The molecule has 0 spiro atoms. The lowest BCUT2D eigenvalue weighted by molar-refractivity contribution is 0.0925. The lowest BCUT2D eigenvalue weighted by Crippen LogP contribution is -2.40. The van der Waals surface area contributed by atoms with Gasteiger partial charge in [-0.2, -0.15) is 0 Å². The lowest BCUT2D eigenvalue weighted by atomic mass is 9.91. The highest BCUT2D eigenvalue weighted by Crippen LogP contribution is 2.39. The minimum atomic E-state index is -0.147. The van der Waals surface area contributed by atoms with Gasteiger partial charge in [-0.25, -0.2) is 0 Å². The zero-order valence-electron chi connectivity index (χ0n) is 16.4. The molecule has 1 saturated carbocycles. The number of hydrogen-bond donors (Lipinski definition) is 2. The Bertz CT molecular complexity index is 761. The topological polar surface area (TPSA) is 82.8 Å². The van der Waals surface area contributed by atoms with Crippen LogP contribution < -0.4 is 25.3 Å². The van der Waals surface area contributed by atoms with Crippen molar-refractivity contribution in [3.63, 3.8) is 0 Å². The molecule has 0 aliphatic heterocycles. The molecule has 1 aliphatic rings. The second-order valence-corrected chi connectivity index (χ2v) is 7.07. The Morgan fingerprint density at radius 2 is 1.64 bits per heavy atom. The fourth-order valence-corrected chi connectivity index (χ4v) is 3.42. The van der Waals surface area contributed by atoms with Crippen LogP contribution in [-0.4, -0.2) is 32.2 Å². The summed E-state index contributed by atoms with van der Waals surface area (Å²) in [6.07, 6.45) is 3.67. The Morgan fingerprint density at radius 1 is 1.04 bits per heavy atom. The first-order chi connectivity index (χ1) is 13.6. The summed E-state index contributed by atoms with van der Waals surface area (Å²) in [6, 6.07) is 13.6. The van der Waals surface area contributed by atoms with Crippen molar-refractivity contribution >= 4 is 5.91 Å². The summed E-state index contributed by atoms with van der Waals surface area (Å²) in [7, 11) is 3.10. The maximum Gasteiger partial charge on any atom is 0.251 e. The SMILES string of the molecule is COc1cc(C(=O)NC2CCC(N)CC2)cc(OC)c1OCc1ccccc1. The van der Waals surface area contributed by atoms with Crippen molar-refractivity contribution in [1.29, 1.82) is 0 Å². The van der Waals surface area contributed by atoms with Gasteiger partial charge in [-0.1, -0.05) is 30.3 Å². The van der Waals surface area contributed by atoms with Gasteiger partial charge in [-0.05, 0) is 43.4 Å². The zero-order valence-corrected chi connectivity index (χ0v) is 16.4. The quantitative estimate of drug-likeness (QED) is 0.765. The van der Waals surface area contributed by atoms with Crippen molar-refractivity contribution in [3.8, 4) is 17.2 Å². The van der Waals surface area contributed by atoms with Crippen molar-refractivity contribution in [2.24, 2.45) is 5.73 Å². The van der Waals surface area contributed by atoms with Gasteiger partial charge in [0.05, 0.1) is 14.2 Å². The first kappa shape index (κ1) is 20.0. The van der Waals surface area contributed by atoms with E-state index in [1.54, 1.807) is 26.4 Å². The normalized spacial score (nSPS) is 19.0. The maximum atomic E-state index is 12.7. The van der Waals surface area contributed by atoms with E-state index in [1.165, 1.54) is 0 Å². The minimum absolute atomic E-state index is 0.147. The molecule has 2 aromatic rings. The molecule has 6 heteroatoms. The Balaban J connectivity index is 1.75. The molecule has 0 atom stereocenters. The van der Waals surface area contributed by atoms with Gasteiger partial charge in [0, 0.05) is 17.6 Å². The van der Waals surface area contributed by atoms with E-state index < -0.39 is 0 Å². The van der Waals surface area contributed by atoms with Crippen LogP contribution in [-0.2, 0) is 6.61 Å². The molecule has 0 heterocycles. The molecule has 1 amide bonds. The van der Waals surface area contributed by atoms with E-state index in [0.717, 1.165) is 31.2 Å². The van der Waals surface area contributed by atoms with Crippen LogP contribution in [0.3, 0.4) is 0 Å². The molecule has 0 saturated heterocycles. The highest BCUT2D eigenvalue weighted by Gasteiger charge is 2.23. The van der Waals surface area contributed by atoms with E-state index in [-0.39, 0.29) is 18.0 Å². The van der Waals surface area contributed by atoms with E-state index >= 15 is 0 Å². The summed E-state index contributed by atoms with van der Waals surface area (Å²) < 4.78 is 16.9. The van der Waals surface area contributed by atoms with Gasteiger partial charge >= 0.3 is 0 Å². The Labute approximate surface area is 166 Å². The summed E-state index contributed by atoms with van der Waals surface area (Å²) in [5, 5.41) is 3.09. The van der Waals surface area contributed by atoms with Crippen LogP contribution >= 0.6 is 0 Å². The molecule has 1 fully saturated rings. The summed E-state index contributed by atoms with van der Waals surface area (Å²) in [6.45, 7) is 0.376. The molecule has 28 heavy (non-hydrogen) atoms. The van der Waals surface area contributed by atoms with Crippen molar-refractivity contribution in [2.45, 2.75) is 44.4 Å².